The Morgan fingerprint density at radius 2 is 1.88 bits per heavy atom. The standard InChI is InChI=1S/C11H10Cl2N2S/c12-9-1-8(2-10(13)3-9)4-14-5-11-6-16-7-15-11/h1-3,6-7,14H,4-5H2. The van der Waals surface area contributed by atoms with Gasteiger partial charge < -0.3 is 5.32 Å². The van der Waals surface area contributed by atoms with Gasteiger partial charge in [-0.3, -0.25) is 0 Å². The Morgan fingerprint density at radius 3 is 2.50 bits per heavy atom. The molecule has 0 saturated carbocycles. The van der Waals surface area contributed by atoms with Gasteiger partial charge in [0.1, 0.15) is 0 Å². The van der Waals surface area contributed by atoms with E-state index in [1.807, 2.05) is 23.0 Å². The molecule has 1 heterocycles. The molecular weight excluding hydrogens is 263 g/mol. The van der Waals surface area contributed by atoms with Crippen LogP contribution in [0.4, 0.5) is 0 Å². The molecule has 1 N–H and O–H groups in total. The molecular formula is C11H10Cl2N2S. The lowest BCUT2D eigenvalue weighted by Crippen LogP contribution is -2.12. The Morgan fingerprint density at radius 1 is 1.12 bits per heavy atom. The second kappa shape index (κ2) is 5.64. The molecule has 0 radical (unpaired) electrons. The number of thiazole rings is 1. The number of hydrogen-bond acceptors (Lipinski definition) is 3. The lowest BCUT2D eigenvalue weighted by molar-refractivity contribution is 0.683. The molecule has 0 amide bonds. The molecule has 2 aromatic rings. The van der Waals surface area contributed by atoms with Crippen LogP contribution in [0.2, 0.25) is 10.0 Å². The van der Waals surface area contributed by atoms with Crippen molar-refractivity contribution in [2.75, 3.05) is 0 Å². The largest absolute Gasteiger partial charge is 0.307 e. The van der Waals surface area contributed by atoms with Gasteiger partial charge in [0.2, 0.25) is 0 Å². The van der Waals surface area contributed by atoms with E-state index >= 15 is 0 Å². The molecule has 0 aliphatic heterocycles. The third-order valence-corrected chi connectivity index (χ3v) is 3.11. The van der Waals surface area contributed by atoms with Gasteiger partial charge in [-0.1, -0.05) is 23.2 Å². The fraction of sp³-hybridized carbons (Fsp3) is 0.182. The summed E-state index contributed by atoms with van der Waals surface area (Å²) in [5.74, 6) is 0. The quantitative estimate of drug-likeness (QED) is 0.917. The van der Waals surface area contributed by atoms with Crippen molar-refractivity contribution in [3.8, 4) is 0 Å². The van der Waals surface area contributed by atoms with Gasteiger partial charge in [-0.25, -0.2) is 4.98 Å². The molecule has 5 heteroatoms. The highest BCUT2D eigenvalue weighted by Crippen LogP contribution is 2.18. The van der Waals surface area contributed by atoms with Crippen molar-refractivity contribution in [3.05, 3.63) is 50.4 Å². The smallest absolute Gasteiger partial charge is 0.0795 e. The molecule has 0 aliphatic carbocycles. The van der Waals surface area contributed by atoms with Crippen molar-refractivity contribution in [1.82, 2.24) is 10.3 Å². The summed E-state index contributed by atoms with van der Waals surface area (Å²) in [6.45, 7) is 1.49. The number of benzene rings is 1. The monoisotopic (exact) mass is 272 g/mol. The van der Waals surface area contributed by atoms with Crippen LogP contribution in [0.5, 0.6) is 0 Å². The molecule has 0 atom stereocenters. The van der Waals surface area contributed by atoms with Crippen LogP contribution in [0.1, 0.15) is 11.3 Å². The van der Waals surface area contributed by atoms with Crippen molar-refractivity contribution in [1.29, 1.82) is 0 Å². The van der Waals surface area contributed by atoms with E-state index < -0.39 is 0 Å². The van der Waals surface area contributed by atoms with Crippen LogP contribution >= 0.6 is 34.5 Å². The van der Waals surface area contributed by atoms with E-state index in [2.05, 4.69) is 10.3 Å². The molecule has 0 spiro atoms. The average molecular weight is 273 g/mol. The van der Waals surface area contributed by atoms with Crippen LogP contribution in [-0.4, -0.2) is 4.98 Å². The highest BCUT2D eigenvalue weighted by molar-refractivity contribution is 7.07. The summed E-state index contributed by atoms with van der Waals surface area (Å²) in [6.07, 6.45) is 0. The molecule has 84 valence electrons. The van der Waals surface area contributed by atoms with Crippen LogP contribution in [0, 0.1) is 0 Å². The minimum atomic E-state index is 0.665. The molecule has 2 rings (SSSR count). The maximum atomic E-state index is 5.91. The first-order valence-electron chi connectivity index (χ1n) is 4.77. The van der Waals surface area contributed by atoms with Crippen LogP contribution in [0.3, 0.4) is 0 Å². The maximum Gasteiger partial charge on any atom is 0.0795 e. The third kappa shape index (κ3) is 3.46. The molecule has 1 aromatic heterocycles. The first-order valence-corrected chi connectivity index (χ1v) is 6.46. The van der Waals surface area contributed by atoms with Gasteiger partial charge in [-0.2, -0.15) is 0 Å². The van der Waals surface area contributed by atoms with Crippen LogP contribution in [-0.2, 0) is 13.1 Å². The Kier molecular flexibility index (Phi) is 4.18. The molecule has 0 aliphatic rings. The summed E-state index contributed by atoms with van der Waals surface area (Å²) in [7, 11) is 0. The molecule has 0 unspecified atom stereocenters. The SMILES string of the molecule is Clc1cc(Cl)cc(CNCc2cscn2)c1. The molecule has 2 nitrogen and oxygen atoms in total. The number of aromatic nitrogens is 1. The number of nitrogens with zero attached hydrogens (tertiary/aromatic N) is 1. The summed E-state index contributed by atoms with van der Waals surface area (Å²) < 4.78 is 0. The number of nitrogens with one attached hydrogen (secondary N) is 1. The summed E-state index contributed by atoms with van der Waals surface area (Å²) in [5.41, 5.74) is 3.96. The number of rotatable bonds is 4. The van der Waals surface area contributed by atoms with E-state index in [0.29, 0.717) is 10.0 Å². The maximum absolute atomic E-state index is 5.91. The van der Waals surface area contributed by atoms with Crippen LogP contribution < -0.4 is 5.32 Å². The van der Waals surface area contributed by atoms with Crippen molar-refractivity contribution < 1.29 is 0 Å². The van der Waals surface area contributed by atoms with Gasteiger partial charge in [-0.15, -0.1) is 11.3 Å². The van der Waals surface area contributed by atoms with E-state index in [9.17, 15) is 0 Å². The third-order valence-electron chi connectivity index (χ3n) is 2.04. The van der Waals surface area contributed by atoms with Gasteiger partial charge in [-0.05, 0) is 23.8 Å². The first-order chi connectivity index (χ1) is 7.74. The minimum Gasteiger partial charge on any atom is -0.307 e. The van der Waals surface area contributed by atoms with Gasteiger partial charge in [0.25, 0.3) is 0 Å². The van der Waals surface area contributed by atoms with Gasteiger partial charge >= 0.3 is 0 Å². The van der Waals surface area contributed by atoms with Gasteiger partial charge in [0.05, 0.1) is 11.2 Å². The first kappa shape index (κ1) is 11.9. The van der Waals surface area contributed by atoms with E-state index in [1.165, 1.54) is 0 Å². The Balaban J connectivity index is 1.89. The van der Waals surface area contributed by atoms with Gasteiger partial charge in [0, 0.05) is 28.5 Å². The predicted octanol–water partition coefficient (Wildman–Crippen LogP) is 3.74. The fourth-order valence-electron chi connectivity index (χ4n) is 1.37. The molecule has 0 saturated heterocycles. The van der Waals surface area contributed by atoms with Crippen molar-refractivity contribution >= 4 is 34.5 Å². The molecule has 1 aromatic carbocycles. The van der Waals surface area contributed by atoms with Crippen molar-refractivity contribution in [2.24, 2.45) is 0 Å². The lowest BCUT2D eigenvalue weighted by atomic mass is 10.2. The summed E-state index contributed by atoms with van der Waals surface area (Å²) in [4.78, 5) is 4.19. The Labute approximate surface area is 108 Å². The number of hydrogen-bond donors (Lipinski definition) is 1. The van der Waals surface area contributed by atoms with Crippen LogP contribution in [0.15, 0.2) is 29.1 Å². The normalized spacial score (nSPS) is 10.6. The highest BCUT2D eigenvalue weighted by atomic mass is 35.5. The van der Waals surface area contributed by atoms with Gasteiger partial charge in [0.15, 0.2) is 0 Å². The zero-order valence-corrected chi connectivity index (χ0v) is 10.7. The lowest BCUT2D eigenvalue weighted by Gasteiger charge is -2.04. The molecule has 0 fully saturated rings. The number of halogens is 2. The van der Waals surface area contributed by atoms with Crippen molar-refractivity contribution in [3.63, 3.8) is 0 Å². The minimum absolute atomic E-state index is 0.665. The zero-order chi connectivity index (χ0) is 11.4. The van der Waals surface area contributed by atoms with E-state index in [1.54, 1.807) is 17.4 Å². The topological polar surface area (TPSA) is 24.9 Å². The fourth-order valence-corrected chi connectivity index (χ4v) is 2.50. The van der Waals surface area contributed by atoms with E-state index in [4.69, 9.17) is 23.2 Å². The predicted molar refractivity (Wildman–Crippen MR) is 69.1 cm³/mol. The second-order valence-electron chi connectivity index (χ2n) is 3.36. The van der Waals surface area contributed by atoms with Crippen LogP contribution in [0.25, 0.3) is 0 Å². The van der Waals surface area contributed by atoms with E-state index in [0.717, 1.165) is 24.3 Å². The Bertz CT molecular complexity index is 437. The summed E-state index contributed by atoms with van der Waals surface area (Å²) in [5, 5.41) is 6.64. The second-order valence-corrected chi connectivity index (χ2v) is 4.95. The van der Waals surface area contributed by atoms with Crippen molar-refractivity contribution in [2.45, 2.75) is 13.1 Å². The summed E-state index contributed by atoms with van der Waals surface area (Å²) >= 11 is 13.4. The Hall–Kier alpha value is -0.610. The summed E-state index contributed by atoms with van der Waals surface area (Å²) in [6, 6.07) is 5.54. The molecule has 0 bridgehead atoms. The highest BCUT2D eigenvalue weighted by Gasteiger charge is 1.99. The average Bonchev–Trinajstić information content (AvgIpc) is 2.69. The molecule has 16 heavy (non-hydrogen) atoms. The zero-order valence-electron chi connectivity index (χ0n) is 8.41. The van der Waals surface area contributed by atoms with E-state index in [-0.39, 0.29) is 0 Å².